The average Bonchev–Trinajstić information content (AvgIpc) is 3.39. The highest BCUT2D eigenvalue weighted by molar-refractivity contribution is 5.42. The first-order valence-electron chi connectivity index (χ1n) is 11.3. The molecule has 0 spiro atoms. The van der Waals surface area contributed by atoms with Crippen LogP contribution in [0.15, 0.2) is 66.7 Å². The van der Waals surface area contributed by atoms with Gasteiger partial charge in [-0.25, -0.2) is 4.98 Å². The Balaban J connectivity index is 1.21. The van der Waals surface area contributed by atoms with Gasteiger partial charge in [0, 0.05) is 26.2 Å². The summed E-state index contributed by atoms with van der Waals surface area (Å²) in [6.07, 6.45) is 0.628. The molecule has 1 saturated heterocycles. The molecule has 3 heterocycles. The highest BCUT2D eigenvalue weighted by Gasteiger charge is 2.25. The van der Waals surface area contributed by atoms with Gasteiger partial charge in [-0.3, -0.25) is 4.90 Å². The van der Waals surface area contributed by atoms with Crippen molar-refractivity contribution in [3.63, 3.8) is 0 Å². The summed E-state index contributed by atoms with van der Waals surface area (Å²) in [5.74, 6) is 1.50. The van der Waals surface area contributed by atoms with E-state index in [1.54, 1.807) is 0 Å². The van der Waals surface area contributed by atoms with Crippen molar-refractivity contribution in [3.05, 3.63) is 89.1 Å². The van der Waals surface area contributed by atoms with Crippen LogP contribution in [0.3, 0.4) is 0 Å². The van der Waals surface area contributed by atoms with Gasteiger partial charge in [0.1, 0.15) is 23.9 Å². The summed E-state index contributed by atoms with van der Waals surface area (Å²) < 4.78 is 17.5. The van der Waals surface area contributed by atoms with Crippen molar-refractivity contribution < 1.29 is 14.2 Å². The Morgan fingerprint density at radius 1 is 0.938 bits per heavy atom. The fourth-order valence-electron chi connectivity index (χ4n) is 4.19. The Labute approximate surface area is 189 Å². The number of rotatable bonds is 8. The summed E-state index contributed by atoms with van der Waals surface area (Å²) in [5.41, 5.74) is 4.72. The lowest BCUT2D eigenvalue weighted by molar-refractivity contribution is -0.0490. The van der Waals surface area contributed by atoms with Crippen LogP contribution in [0.5, 0.6) is 5.75 Å². The first kappa shape index (κ1) is 20.9. The molecule has 1 N–H and O–H groups in total. The van der Waals surface area contributed by atoms with Gasteiger partial charge in [-0.15, -0.1) is 0 Å². The molecule has 0 unspecified atom stereocenters. The standard InChI is InChI=1S/C26H29N3O3/c1-2-6-20(7-3-1)19-32-23-10-11-24(28-25(23)26-30-16-17-31-26)27-13-15-29-14-12-21-8-4-5-9-22(21)18-29/h1-11,26H,12-19H2,(H,27,28). The van der Waals surface area contributed by atoms with Crippen molar-refractivity contribution in [1.29, 1.82) is 0 Å². The minimum atomic E-state index is -0.485. The average molecular weight is 432 g/mol. The molecule has 0 amide bonds. The number of pyridine rings is 1. The van der Waals surface area contributed by atoms with Crippen molar-refractivity contribution in [1.82, 2.24) is 9.88 Å². The van der Waals surface area contributed by atoms with Gasteiger partial charge >= 0.3 is 0 Å². The van der Waals surface area contributed by atoms with Crippen molar-refractivity contribution in [2.24, 2.45) is 0 Å². The first-order chi connectivity index (χ1) is 15.8. The number of hydrogen-bond donors (Lipinski definition) is 1. The van der Waals surface area contributed by atoms with Crippen LogP contribution in [0.4, 0.5) is 5.82 Å². The van der Waals surface area contributed by atoms with Crippen LogP contribution in [-0.4, -0.2) is 42.7 Å². The van der Waals surface area contributed by atoms with Crippen LogP contribution in [-0.2, 0) is 29.0 Å². The van der Waals surface area contributed by atoms with Crippen molar-refractivity contribution >= 4 is 5.82 Å². The van der Waals surface area contributed by atoms with Gasteiger partial charge in [0.2, 0.25) is 6.29 Å². The Bertz CT molecular complexity index is 1020. The lowest BCUT2D eigenvalue weighted by atomic mass is 10.00. The molecule has 0 saturated carbocycles. The molecule has 5 rings (SSSR count). The van der Waals surface area contributed by atoms with E-state index >= 15 is 0 Å². The van der Waals surface area contributed by atoms with Crippen LogP contribution >= 0.6 is 0 Å². The van der Waals surface area contributed by atoms with E-state index in [-0.39, 0.29) is 0 Å². The van der Waals surface area contributed by atoms with Crippen molar-refractivity contribution in [3.8, 4) is 5.75 Å². The van der Waals surface area contributed by atoms with E-state index in [0.29, 0.717) is 31.3 Å². The number of nitrogens with one attached hydrogen (secondary N) is 1. The Morgan fingerprint density at radius 2 is 1.72 bits per heavy atom. The third-order valence-electron chi connectivity index (χ3n) is 5.91. The van der Waals surface area contributed by atoms with E-state index in [2.05, 4.69) is 34.5 Å². The highest BCUT2D eigenvalue weighted by Crippen LogP contribution is 2.31. The second-order valence-electron chi connectivity index (χ2n) is 8.15. The molecule has 3 aromatic rings. The molecule has 2 aliphatic heterocycles. The number of aromatic nitrogens is 1. The zero-order valence-corrected chi connectivity index (χ0v) is 18.2. The minimum Gasteiger partial charge on any atom is -0.487 e. The van der Waals surface area contributed by atoms with Gasteiger partial charge in [-0.05, 0) is 35.2 Å². The van der Waals surface area contributed by atoms with Gasteiger partial charge in [0.05, 0.1) is 13.2 Å². The van der Waals surface area contributed by atoms with Gasteiger partial charge in [-0.1, -0.05) is 54.6 Å². The number of anilines is 1. The molecule has 2 aliphatic rings. The Hall–Kier alpha value is -2.93. The Morgan fingerprint density at radius 3 is 2.56 bits per heavy atom. The summed E-state index contributed by atoms with van der Waals surface area (Å²) in [7, 11) is 0. The van der Waals surface area contributed by atoms with Crippen LogP contribution in [0.25, 0.3) is 0 Å². The zero-order chi connectivity index (χ0) is 21.6. The largest absolute Gasteiger partial charge is 0.487 e. The fourth-order valence-corrected chi connectivity index (χ4v) is 4.19. The second-order valence-corrected chi connectivity index (χ2v) is 8.15. The van der Waals surface area contributed by atoms with E-state index in [1.165, 1.54) is 11.1 Å². The normalized spacial score (nSPS) is 16.6. The predicted octanol–water partition coefficient (Wildman–Crippen LogP) is 4.18. The maximum Gasteiger partial charge on any atom is 0.205 e. The molecule has 0 bridgehead atoms. The van der Waals surface area contributed by atoms with Gasteiger partial charge in [-0.2, -0.15) is 0 Å². The summed E-state index contributed by atoms with van der Waals surface area (Å²) in [5, 5.41) is 3.46. The number of nitrogens with zero attached hydrogens (tertiary/aromatic N) is 2. The maximum atomic E-state index is 6.07. The van der Waals surface area contributed by atoms with E-state index in [9.17, 15) is 0 Å². The van der Waals surface area contributed by atoms with Crippen molar-refractivity contribution in [2.75, 3.05) is 38.2 Å². The summed E-state index contributed by atoms with van der Waals surface area (Å²) in [4.78, 5) is 7.26. The van der Waals surface area contributed by atoms with Crippen LogP contribution in [0.2, 0.25) is 0 Å². The Kier molecular flexibility index (Phi) is 6.63. The summed E-state index contributed by atoms with van der Waals surface area (Å²) in [6.45, 7) is 5.50. The van der Waals surface area contributed by atoms with Crippen molar-refractivity contribution in [2.45, 2.75) is 25.9 Å². The molecule has 6 nitrogen and oxygen atoms in total. The van der Waals surface area contributed by atoms with E-state index < -0.39 is 6.29 Å². The molecular weight excluding hydrogens is 402 g/mol. The number of hydrogen-bond acceptors (Lipinski definition) is 6. The molecule has 32 heavy (non-hydrogen) atoms. The molecule has 1 aromatic heterocycles. The third-order valence-corrected chi connectivity index (χ3v) is 5.91. The topological polar surface area (TPSA) is 55.9 Å². The predicted molar refractivity (Wildman–Crippen MR) is 124 cm³/mol. The van der Waals surface area contributed by atoms with Crippen LogP contribution in [0.1, 0.15) is 28.7 Å². The smallest absolute Gasteiger partial charge is 0.205 e. The van der Waals surface area contributed by atoms with E-state index in [1.807, 2.05) is 42.5 Å². The molecule has 1 fully saturated rings. The lowest BCUT2D eigenvalue weighted by Gasteiger charge is -2.28. The monoisotopic (exact) mass is 431 g/mol. The molecule has 2 aromatic carbocycles. The quantitative estimate of drug-likeness (QED) is 0.578. The minimum absolute atomic E-state index is 0.478. The number of benzene rings is 2. The third kappa shape index (κ3) is 5.10. The maximum absolute atomic E-state index is 6.07. The molecular formula is C26H29N3O3. The molecule has 6 heteroatoms. The summed E-state index contributed by atoms with van der Waals surface area (Å²) in [6, 6.07) is 22.8. The second kappa shape index (κ2) is 10.1. The molecule has 0 aliphatic carbocycles. The highest BCUT2D eigenvalue weighted by atomic mass is 16.7. The lowest BCUT2D eigenvalue weighted by Crippen LogP contribution is -2.34. The van der Waals surface area contributed by atoms with Crippen LogP contribution < -0.4 is 10.1 Å². The fraction of sp³-hybridized carbons (Fsp3) is 0.346. The molecule has 0 radical (unpaired) electrons. The zero-order valence-electron chi connectivity index (χ0n) is 18.2. The van der Waals surface area contributed by atoms with Gasteiger partial charge in [0.15, 0.2) is 0 Å². The van der Waals surface area contributed by atoms with Gasteiger partial charge in [0.25, 0.3) is 0 Å². The molecule has 0 atom stereocenters. The van der Waals surface area contributed by atoms with E-state index in [4.69, 9.17) is 19.2 Å². The summed E-state index contributed by atoms with van der Waals surface area (Å²) >= 11 is 0. The number of fused-ring (bicyclic) bond motifs is 1. The molecule has 166 valence electrons. The van der Waals surface area contributed by atoms with Gasteiger partial charge < -0.3 is 19.5 Å². The number of ether oxygens (including phenoxy) is 3. The SMILES string of the molecule is c1ccc(COc2ccc(NCCN3CCc4ccccc4C3)nc2C2OCCO2)cc1. The van der Waals surface area contributed by atoms with Crippen LogP contribution in [0, 0.1) is 0 Å². The first-order valence-corrected chi connectivity index (χ1v) is 11.3. The van der Waals surface area contributed by atoms with E-state index in [0.717, 1.165) is 44.0 Å².